The molecule has 0 saturated carbocycles. The van der Waals surface area contributed by atoms with Gasteiger partial charge in [0, 0.05) is 19.5 Å². The molecule has 1 aliphatic rings. The molecular weight excluding hydrogens is 232 g/mol. The lowest BCUT2D eigenvalue weighted by Gasteiger charge is -2.31. The first-order chi connectivity index (χ1) is 8.69. The third-order valence-corrected chi connectivity index (χ3v) is 3.29. The van der Waals surface area contributed by atoms with E-state index in [9.17, 15) is 9.59 Å². The number of esters is 1. The Morgan fingerprint density at radius 2 is 2.00 bits per heavy atom. The maximum absolute atomic E-state index is 11.9. The number of hydrogen-bond acceptors (Lipinski definition) is 4. The van der Waals surface area contributed by atoms with E-state index in [1.54, 1.807) is 0 Å². The Balaban J connectivity index is 2.26. The number of rotatable bonds is 6. The van der Waals surface area contributed by atoms with Crippen LogP contribution in [-0.2, 0) is 14.3 Å². The van der Waals surface area contributed by atoms with Crippen LogP contribution in [0.1, 0.15) is 32.6 Å². The van der Waals surface area contributed by atoms with Crippen LogP contribution in [0.2, 0.25) is 0 Å². The molecule has 0 bridgehead atoms. The van der Waals surface area contributed by atoms with Crippen LogP contribution in [0.25, 0.3) is 0 Å². The molecule has 104 valence electrons. The van der Waals surface area contributed by atoms with E-state index < -0.39 is 0 Å². The van der Waals surface area contributed by atoms with Crippen molar-refractivity contribution in [2.75, 3.05) is 33.3 Å². The summed E-state index contributed by atoms with van der Waals surface area (Å²) in [5.41, 5.74) is 0. The van der Waals surface area contributed by atoms with Gasteiger partial charge in [0.05, 0.1) is 12.5 Å². The highest BCUT2D eigenvalue weighted by atomic mass is 16.5. The molecule has 5 nitrogen and oxygen atoms in total. The fraction of sp³-hybridized carbons (Fsp3) is 0.846. The van der Waals surface area contributed by atoms with Gasteiger partial charge in [0.2, 0.25) is 5.91 Å². The van der Waals surface area contributed by atoms with Crippen molar-refractivity contribution in [1.82, 2.24) is 10.2 Å². The van der Waals surface area contributed by atoms with Crippen molar-refractivity contribution in [2.45, 2.75) is 32.6 Å². The van der Waals surface area contributed by atoms with Crippen LogP contribution < -0.4 is 5.32 Å². The summed E-state index contributed by atoms with van der Waals surface area (Å²) in [5.74, 6) is 0.0682. The number of ether oxygens (including phenoxy) is 1. The van der Waals surface area contributed by atoms with Crippen molar-refractivity contribution in [3.05, 3.63) is 0 Å². The highest BCUT2D eigenvalue weighted by Crippen LogP contribution is 2.19. The van der Waals surface area contributed by atoms with Crippen LogP contribution in [0.5, 0.6) is 0 Å². The highest BCUT2D eigenvalue weighted by molar-refractivity contribution is 5.77. The number of carbonyl (C=O) groups is 2. The van der Waals surface area contributed by atoms with E-state index in [1.807, 2.05) is 18.9 Å². The molecule has 1 heterocycles. The van der Waals surface area contributed by atoms with Crippen molar-refractivity contribution < 1.29 is 14.3 Å². The van der Waals surface area contributed by atoms with Crippen LogP contribution in [0.15, 0.2) is 0 Å². The summed E-state index contributed by atoms with van der Waals surface area (Å²) in [6.07, 6.45) is 2.92. The molecule has 1 rings (SSSR count). The number of likely N-dealkylation sites (tertiary alicyclic amines) is 1. The van der Waals surface area contributed by atoms with Gasteiger partial charge in [-0.2, -0.15) is 0 Å². The fourth-order valence-electron chi connectivity index (χ4n) is 2.20. The molecule has 0 radical (unpaired) electrons. The minimum absolute atomic E-state index is 0.0219. The number of piperidine rings is 1. The second-order valence-electron chi connectivity index (χ2n) is 4.61. The third kappa shape index (κ3) is 4.64. The zero-order valence-electron chi connectivity index (χ0n) is 11.4. The standard InChI is InChI=1S/C13H24N2O3/c1-3-18-13(17)11-6-9-15(10-7-11)12(16)5-4-8-14-2/h11,14H,3-10H2,1-2H3. The van der Waals surface area contributed by atoms with Crippen molar-refractivity contribution in [2.24, 2.45) is 5.92 Å². The zero-order chi connectivity index (χ0) is 13.4. The predicted octanol–water partition coefficient (Wildman–Crippen LogP) is 0.788. The Kier molecular flexibility index (Phi) is 6.72. The highest BCUT2D eigenvalue weighted by Gasteiger charge is 2.27. The zero-order valence-corrected chi connectivity index (χ0v) is 11.4. The van der Waals surface area contributed by atoms with Crippen LogP contribution in [-0.4, -0.2) is 50.1 Å². The molecule has 0 spiro atoms. The maximum Gasteiger partial charge on any atom is 0.309 e. The maximum atomic E-state index is 11.9. The van der Waals surface area contributed by atoms with Gasteiger partial charge in [-0.15, -0.1) is 0 Å². The van der Waals surface area contributed by atoms with Crippen molar-refractivity contribution in [1.29, 1.82) is 0 Å². The topological polar surface area (TPSA) is 58.6 Å². The Morgan fingerprint density at radius 1 is 1.33 bits per heavy atom. The molecule has 0 aromatic heterocycles. The molecule has 0 atom stereocenters. The largest absolute Gasteiger partial charge is 0.466 e. The van der Waals surface area contributed by atoms with Gasteiger partial charge in [-0.3, -0.25) is 9.59 Å². The molecule has 1 N–H and O–H groups in total. The van der Waals surface area contributed by atoms with E-state index in [0.717, 1.165) is 25.8 Å². The molecule has 1 saturated heterocycles. The van der Waals surface area contributed by atoms with Gasteiger partial charge in [0.25, 0.3) is 0 Å². The quantitative estimate of drug-likeness (QED) is 0.564. The van der Waals surface area contributed by atoms with Gasteiger partial charge < -0.3 is 15.0 Å². The first-order valence-electron chi connectivity index (χ1n) is 6.78. The van der Waals surface area contributed by atoms with E-state index in [2.05, 4.69) is 5.32 Å². The number of carbonyl (C=O) groups excluding carboxylic acids is 2. The Hall–Kier alpha value is -1.10. The average Bonchev–Trinajstić information content (AvgIpc) is 2.39. The lowest BCUT2D eigenvalue weighted by atomic mass is 9.97. The van der Waals surface area contributed by atoms with Gasteiger partial charge in [0.1, 0.15) is 0 Å². The molecular formula is C13H24N2O3. The lowest BCUT2D eigenvalue weighted by Crippen LogP contribution is -2.40. The molecule has 1 aliphatic heterocycles. The van der Waals surface area contributed by atoms with Crippen LogP contribution in [0.3, 0.4) is 0 Å². The summed E-state index contributed by atoms with van der Waals surface area (Å²) in [4.78, 5) is 25.3. The second-order valence-corrected chi connectivity index (χ2v) is 4.61. The molecule has 5 heteroatoms. The number of hydrogen-bond donors (Lipinski definition) is 1. The van der Waals surface area contributed by atoms with Crippen LogP contribution in [0, 0.1) is 5.92 Å². The fourth-order valence-corrected chi connectivity index (χ4v) is 2.20. The SMILES string of the molecule is CCOC(=O)C1CCN(C(=O)CCCNC)CC1. The minimum Gasteiger partial charge on any atom is -0.466 e. The van der Waals surface area contributed by atoms with E-state index in [4.69, 9.17) is 4.74 Å². The Morgan fingerprint density at radius 3 is 2.56 bits per heavy atom. The third-order valence-electron chi connectivity index (χ3n) is 3.29. The van der Waals surface area contributed by atoms with Crippen LogP contribution in [0.4, 0.5) is 0 Å². The van der Waals surface area contributed by atoms with E-state index in [0.29, 0.717) is 26.1 Å². The molecule has 1 amide bonds. The molecule has 1 fully saturated rings. The molecule has 0 aliphatic carbocycles. The smallest absolute Gasteiger partial charge is 0.309 e. The van der Waals surface area contributed by atoms with Gasteiger partial charge in [-0.05, 0) is 39.8 Å². The lowest BCUT2D eigenvalue weighted by molar-refractivity contribution is -0.151. The van der Waals surface area contributed by atoms with Gasteiger partial charge in [-0.1, -0.05) is 0 Å². The summed E-state index contributed by atoms with van der Waals surface area (Å²) in [7, 11) is 1.88. The number of nitrogens with zero attached hydrogens (tertiary/aromatic N) is 1. The summed E-state index contributed by atoms with van der Waals surface area (Å²) >= 11 is 0. The number of nitrogens with one attached hydrogen (secondary N) is 1. The predicted molar refractivity (Wildman–Crippen MR) is 69.1 cm³/mol. The summed E-state index contributed by atoms with van der Waals surface area (Å²) in [6, 6.07) is 0. The van der Waals surface area contributed by atoms with Gasteiger partial charge >= 0.3 is 5.97 Å². The first kappa shape index (κ1) is 15.0. The minimum atomic E-state index is -0.111. The summed E-state index contributed by atoms with van der Waals surface area (Å²) < 4.78 is 5.01. The van der Waals surface area contributed by atoms with E-state index in [-0.39, 0.29) is 17.8 Å². The second kappa shape index (κ2) is 8.08. The molecule has 18 heavy (non-hydrogen) atoms. The Labute approximate surface area is 109 Å². The van der Waals surface area contributed by atoms with E-state index >= 15 is 0 Å². The van der Waals surface area contributed by atoms with Crippen molar-refractivity contribution >= 4 is 11.9 Å². The van der Waals surface area contributed by atoms with Gasteiger partial charge in [-0.25, -0.2) is 0 Å². The molecule has 0 unspecified atom stereocenters. The molecule has 0 aromatic rings. The first-order valence-corrected chi connectivity index (χ1v) is 6.78. The van der Waals surface area contributed by atoms with Gasteiger partial charge in [0.15, 0.2) is 0 Å². The van der Waals surface area contributed by atoms with E-state index in [1.165, 1.54) is 0 Å². The monoisotopic (exact) mass is 256 g/mol. The molecule has 0 aromatic carbocycles. The number of amides is 1. The Bertz CT molecular complexity index is 273. The van der Waals surface area contributed by atoms with Crippen LogP contribution >= 0.6 is 0 Å². The summed E-state index contributed by atoms with van der Waals surface area (Å²) in [5, 5.41) is 3.03. The summed E-state index contributed by atoms with van der Waals surface area (Å²) in [6.45, 7) is 4.48. The average molecular weight is 256 g/mol. The van der Waals surface area contributed by atoms with Crippen molar-refractivity contribution in [3.63, 3.8) is 0 Å². The van der Waals surface area contributed by atoms with Crippen molar-refractivity contribution in [3.8, 4) is 0 Å². The normalized spacial score (nSPS) is 16.7.